The van der Waals surface area contributed by atoms with E-state index in [2.05, 4.69) is 17.4 Å². The van der Waals surface area contributed by atoms with E-state index in [9.17, 15) is 4.79 Å². The highest BCUT2D eigenvalue weighted by Crippen LogP contribution is 2.44. The Morgan fingerprint density at radius 1 is 1.16 bits per heavy atom. The minimum atomic E-state index is -0.886. The lowest BCUT2D eigenvalue weighted by Crippen LogP contribution is -2.36. The zero-order valence-electron chi connectivity index (χ0n) is 14.6. The van der Waals surface area contributed by atoms with Gasteiger partial charge >= 0.3 is 5.97 Å². The molecule has 132 valence electrons. The van der Waals surface area contributed by atoms with E-state index in [0.717, 1.165) is 30.7 Å². The molecule has 25 heavy (non-hydrogen) atoms. The molecule has 1 aliphatic rings. The second-order valence-corrected chi connectivity index (χ2v) is 6.80. The Morgan fingerprint density at radius 2 is 1.92 bits per heavy atom. The molecular weight excluding hydrogens is 314 g/mol. The van der Waals surface area contributed by atoms with Crippen molar-refractivity contribution in [2.45, 2.75) is 37.6 Å². The molecule has 1 aliphatic carbocycles. The maximum atomic E-state index is 11.1. The number of benzene rings is 2. The Balaban J connectivity index is 1.73. The lowest BCUT2D eigenvalue weighted by Gasteiger charge is -2.31. The van der Waals surface area contributed by atoms with Crippen molar-refractivity contribution in [1.29, 1.82) is 0 Å². The van der Waals surface area contributed by atoms with Gasteiger partial charge in [0.1, 0.15) is 5.75 Å². The van der Waals surface area contributed by atoms with Crippen LogP contribution in [0.5, 0.6) is 5.75 Å². The fraction of sp³-hybridized carbons (Fsp3) is 0.381. The number of ether oxygens (including phenoxy) is 1. The molecule has 0 radical (unpaired) electrons. The molecule has 0 amide bonds. The Kier molecular flexibility index (Phi) is 5.39. The average Bonchev–Trinajstić information content (AvgIpc) is 3.12. The molecule has 4 heteroatoms. The van der Waals surface area contributed by atoms with Crippen LogP contribution in [0.25, 0.3) is 0 Å². The summed E-state index contributed by atoms with van der Waals surface area (Å²) in [6, 6.07) is 15.4. The molecule has 0 heterocycles. The third-order valence-corrected chi connectivity index (χ3v) is 5.21. The molecule has 0 aromatic heterocycles. The molecule has 0 saturated heterocycles. The van der Waals surface area contributed by atoms with Gasteiger partial charge in [-0.25, -0.2) is 4.79 Å². The summed E-state index contributed by atoms with van der Waals surface area (Å²) in [6.07, 6.45) is 4.76. The van der Waals surface area contributed by atoms with Gasteiger partial charge in [-0.15, -0.1) is 0 Å². The average molecular weight is 339 g/mol. The lowest BCUT2D eigenvalue weighted by atomic mass is 9.78. The molecule has 1 fully saturated rings. The topological polar surface area (TPSA) is 58.6 Å². The molecule has 3 rings (SSSR count). The first-order valence-electron chi connectivity index (χ1n) is 8.81. The van der Waals surface area contributed by atoms with Crippen molar-refractivity contribution < 1.29 is 14.6 Å². The number of hydrogen-bond acceptors (Lipinski definition) is 3. The summed E-state index contributed by atoms with van der Waals surface area (Å²) in [6.45, 7) is 1.53. The van der Waals surface area contributed by atoms with Crippen LogP contribution >= 0.6 is 0 Å². The fourth-order valence-electron chi connectivity index (χ4n) is 3.94. The van der Waals surface area contributed by atoms with Gasteiger partial charge in [-0.2, -0.15) is 0 Å². The molecular formula is C21H25NO3. The number of aromatic carboxylic acids is 1. The van der Waals surface area contributed by atoms with E-state index < -0.39 is 5.97 Å². The van der Waals surface area contributed by atoms with E-state index in [4.69, 9.17) is 9.84 Å². The van der Waals surface area contributed by atoms with Crippen molar-refractivity contribution in [3.05, 3.63) is 65.2 Å². The van der Waals surface area contributed by atoms with E-state index >= 15 is 0 Å². The molecule has 0 aliphatic heterocycles. The number of carboxylic acid groups (broad SMARTS) is 1. The highest BCUT2D eigenvalue weighted by molar-refractivity contribution is 5.87. The van der Waals surface area contributed by atoms with E-state index in [-0.39, 0.29) is 5.41 Å². The second-order valence-electron chi connectivity index (χ2n) is 6.80. The highest BCUT2D eigenvalue weighted by Gasteiger charge is 2.37. The summed E-state index contributed by atoms with van der Waals surface area (Å²) >= 11 is 0. The van der Waals surface area contributed by atoms with Gasteiger partial charge in [-0.1, -0.05) is 43.2 Å². The lowest BCUT2D eigenvalue weighted by molar-refractivity contribution is 0.0696. The highest BCUT2D eigenvalue weighted by atomic mass is 16.5. The molecule has 2 aromatic rings. The molecule has 4 nitrogen and oxygen atoms in total. The maximum absolute atomic E-state index is 11.1. The Hall–Kier alpha value is -2.33. The molecule has 2 aromatic carbocycles. The number of nitrogens with one attached hydrogen (secondary N) is 1. The van der Waals surface area contributed by atoms with Crippen molar-refractivity contribution in [3.63, 3.8) is 0 Å². The number of carbonyl (C=O) groups is 1. The predicted octanol–water partition coefficient (Wildman–Crippen LogP) is 4.00. The van der Waals surface area contributed by atoms with Crippen LogP contribution in [-0.4, -0.2) is 24.7 Å². The van der Waals surface area contributed by atoms with Gasteiger partial charge in [0.25, 0.3) is 0 Å². The fourth-order valence-corrected chi connectivity index (χ4v) is 3.94. The van der Waals surface area contributed by atoms with Crippen LogP contribution in [0.2, 0.25) is 0 Å². The third kappa shape index (κ3) is 3.85. The first-order valence-corrected chi connectivity index (χ1v) is 8.81. The standard InChI is InChI=1S/C21H25NO3/c1-25-19-10-3-2-9-18(19)21(11-4-5-12-21)15-22-14-16-7-6-8-17(13-16)20(23)24/h2-3,6-10,13,22H,4-5,11-12,14-15H2,1H3,(H,23,24). The van der Waals surface area contributed by atoms with Gasteiger partial charge in [0, 0.05) is 24.1 Å². The third-order valence-electron chi connectivity index (χ3n) is 5.21. The van der Waals surface area contributed by atoms with Crippen LogP contribution < -0.4 is 10.1 Å². The van der Waals surface area contributed by atoms with Crippen LogP contribution in [0.1, 0.15) is 47.2 Å². The van der Waals surface area contributed by atoms with Gasteiger partial charge in [0.2, 0.25) is 0 Å². The first kappa shape index (κ1) is 17.5. The summed E-state index contributed by atoms with van der Waals surface area (Å²) in [5.74, 6) is 0.0715. The van der Waals surface area contributed by atoms with E-state index in [0.29, 0.717) is 12.1 Å². The summed E-state index contributed by atoms with van der Waals surface area (Å²) in [4.78, 5) is 11.1. The quantitative estimate of drug-likeness (QED) is 0.801. The summed E-state index contributed by atoms with van der Waals surface area (Å²) < 4.78 is 5.60. The number of methoxy groups -OCH3 is 1. The molecule has 0 atom stereocenters. The first-order chi connectivity index (χ1) is 12.1. The van der Waals surface area contributed by atoms with Gasteiger partial charge in [0.05, 0.1) is 12.7 Å². The smallest absolute Gasteiger partial charge is 0.335 e. The van der Waals surface area contributed by atoms with Gasteiger partial charge in [0.15, 0.2) is 0 Å². The molecule has 0 bridgehead atoms. The number of rotatable bonds is 7. The number of hydrogen-bond donors (Lipinski definition) is 2. The second kappa shape index (κ2) is 7.70. The van der Waals surface area contributed by atoms with E-state index in [1.807, 2.05) is 18.2 Å². The van der Waals surface area contributed by atoms with Crippen LogP contribution in [0.3, 0.4) is 0 Å². The monoisotopic (exact) mass is 339 g/mol. The van der Waals surface area contributed by atoms with Crippen LogP contribution in [0.4, 0.5) is 0 Å². The number of para-hydroxylation sites is 1. The zero-order chi connectivity index (χ0) is 17.7. The van der Waals surface area contributed by atoms with Crippen molar-refractivity contribution in [2.24, 2.45) is 0 Å². The SMILES string of the molecule is COc1ccccc1C1(CNCc2cccc(C(=O)O)c2)CCCC1. The zero-order valence-corrected chi connectivity index (χ0v) is 14.6. The van der Waals surface area contributed by atoms with Crippen LogP contribution in [-0.2, 0) is 12.0 Å². The van der Waals surface area contributed by atoms with E-state index in [1.54, 1.807) is 25.3 Å². The Labute approximate surface area is 148 Å². The van der Waals surface area contributed by atoms with Crippen molar-refractivity contribution in [2.75, 3.05) is 13.7 Å². The van der Waals surface area contributed by atoms with Crippen molar-refractivity contribution in [1.82, 2.24) is 5.32 Å². The minimum Gasteiger partial charge on any atom is -0.496 e. The molecule has 2 N–H and O–H groups in total. The predicted molar refractivity (Wildman–Crippen MR) is 98.2 cm³/mol. The maximum Gasteiger partial charge on any atom is 0.335 e. The molecule has 0 unspecified atom stereocenters. The summed E-state index contributed by atoms with van der Waals surface area (Å²) in [5, 5.41) is 12.7. The Morgan fingerprint density at radius 3 is 2.64 bits per heavy atom. The van der Waals surface area contributed by atoms with E-state index in [1.165, 1.54) is 18.4 Å². The normalized spacial score (nSPS) is 15.9. The van der Waals surface area contributed by atoms with Gasteiger partial charge in [-0.05, 0) is 36.6 Å². The van der Waals surface area contributed by atoms with Crippen LogP contribution in [0, 0.1) is 0 Å². The number of carboxylic acids is 1. The van der Waals surface area contributed by atoms with Crippen molar-refractivity contribution in [3.8, 4) is 5.75 Å². The minimum absolute atomic E-state index is 0.0943. The molecule has 1 saturated carbocycles. The van der Waals surface area contributed by atoms with Crippen molar-refractivity contribution >= 4 is 5.97 Å². The largest absolute Gasteiger partial charge is 0.496 e. The van der Waals surface area contributed by atoms with Crippen LogP contribution in [0.15, 0.2) is 48.5 Å². The van der Waals surface area contributed by atoms with Gasteiger partial charge in [-0.3, -0.25) is 0 Å². The Bertz CT molecular complexity index is 735. The summed E-state index contributed by atoms with van der Waals surface area (Å²) in [7, 11) is 1.73. The summed E-state index contributed by atoms with van der Waals surface area (Å²) in [5.41, 5.74) is 2.70. The van der Waals surface area contributed by atoms with Gasteiger partial charge < -0.3 is 15.2 Å². The molecule has 0 spiro atoms.